The van der Waals surface area contributed by atoms with Gasteiger partial charge in [-0.1, -0.05) is 13.0 Å². The Morgan fingerprint density at radius 3 is 2.56 bits per heavy atom. The number of non-ortho nitro benzene ring substituents is 1. The SMILES string of the molecule is CCc1ccc(Nc2cc(C)ncn2)cc1NC(=O)CCCN1C(=O)c2ccc([N+](=O)[O-])cc2C1=O. The van der Waals surface area contributed by atoms with Crippen LogP contribution >= 0.6 is 0 Å². The Morgan fingerprint density at radius 2 is 1.83 bits per heavy atom. The number of rotatable bonds is 9. The molecule has 1 aliphatic heterocycles. The highest BCUT2D eigenvalue weighted by molar-refractivity contribution is 6.21. The zero-order valence-corrected chi connectivity index (χ0v) is 19.8. The number of hydrogen-bond acceptors (Lipinski definition) is 8. The molecule has 1 aliphatic rings. The van der Waals surface area contributed by atoms with Gasteiger partial charge in [-0.05, 0) is 43.5 Å². The average Bonchev–Trinajstić information content (AvgIpc) is 3.08. The summed E-state index contributed by atoms with van der Waals surface area (Å²) in [6, 6.07) is 11.0. The number of nitrogens with zero attached hydrogens (tertiary/aromatic N) is 4. The summed E-state index contributed by atoms with van der Waals surface area (Å²) in [5.74, 6) is -0.731. The lowest BCUT2D eigenvalue weighted by Gasteiger charge is -2.15. The lowest BCUT2D eigenvalue weighted by atomic mass is 10.1. The minimum Gasteiger partial charge on any atom is -0.340 e. The lowest BCUT2D eigenvalue weighted by molar-refractivity contribution is -0.384. The van der Waals surface area contributed by atoms with Gasteiger partial charge in [0.15, 0.2) is 0 Å². The second kappa shape index (κ2) is 10.3. The number of benzene rings is 2. The molecule has 4 rings (SSSR count). The molecule has 11 heteroatoms. The van der Waals surface area contributed by atoms with E-state index in [2.05, 4.69) is 20.6 Å². The molecular formula is C25H24N6O5. The standard InChI is InChI=1S/C25H24N6O5/c1-3-16-6-7-17(28-22-11-15(2)26-14-27-22)12-21(16)29-23(32)5-4-10-30-24(33)19-9-8-18(31(35)36)13-20(19)25(30)34/h6-9,11-14H,3-5,10H2,1-2H3,(H,29,32)(H,26,27,28). The summed E-state index contributed by atoms with van der Waals surface area (Å²) in [6.07, 6.45) is 2.51. The van der Waals surface area contributed by atoms with Crippen LogP contribution in [0.15, 0.2) is 48.8 Å². The van der Waals surface area contributed by atoms with Gasteiger partial charge in [-0.2, -0.15) is 0 Å². The Hall–Kier alpha value is -4.67. The Balaban J connectivity index is 1.37. The molecule has 36 heavy (non-hydrogen) atoms. The van der Waals surface area contributed by atoms with Gasteiger partial charge in [-0.15, -0.1) is 0 Å². The number of hydrogen-bond donors (Lipinski definition) is 2. The molecule has 2 N–H and O–H groups in total. The maximum absolute atomic E-state index is 12.7. The topological polar surface area (TPSA) is 147 Å². The smallest absolute Gasteiger partial charge is 0.270 e. The quantitative estimate of drug-likeness (QED) is 0.261. The van der Waals surface area contributed by atoms with Crippen LogP contribution in [0.2, 0.25) is 0 Å². The zero-order valence-electron chi connectivity index (χ0n) is 19.8. The first-order chi connectivity index (χ1) is 17.3. The maximum atomic E-state index is 12.7. The number of carbonyl (C=O) groups excluding carboxylic acids is 3. The molecule has 0 spiro atoms. The number of anilines is 3. The molecule has 2 heterocycles. The molecular weight excluding hydrogens is 464 g/mol. The van der Waals surface area contributed by atoms with Crippen LogP contribution in [0.5, 0.6) is 0 Å². The Morgan fingerprint density at radius 1 is 1.06 bits per heavy atom. The molecule has 0 bridgehead atoms. The van der Waals surface area contributed by atoms with Crippen molar-refractivity contribution in [2.75, 3.05) is 17.2 Å². The highest BCUT2D eigenvalue weighted by atomic mass is 16.6. The summed E-state index contributed by atoms with van der Waals surface area (Å²) in [5, 5.41) is 17.1. The molecule has 1 aromatic heterocycles. The largest absolute Gasteiger partial charge is 0.340 e. The van der Waals surface area contributed by atoms with E-state index in [1.807, 2.05) is 38.1 Å². The predicted octanol–water partition coefficient (Wildman–Crippen LogP) is 4.01. The van der Waals surface area contributed by atoms with Gasteiger partial charge >= 0.3 is 0 Å². The molecule has 0 unspecified atom stereocenters. The van der Waals surface area contributed by atoms with Crippen LogP contribution in [0, 0.1) is 17.0 Å². The first-order valence-corrected chi connectivity index (χ1v) is 11.4. The minimum atomic E-state index is -0.616. The molecule has 3 aromatic rings. The third kappa shape index (κ3) is 5.19. The molecule has 3 amide bonds. The van der Waals surface area contributed by atoms with Gasteiger partial charge in [0.05, 0.1) is 16.1 Å². The Kier molecular flexibility index (Phi) is 7.00. The average molecular weight is 489 g/mol. The number of aromatic nitrogens is 2. The molecule has 2 aromatic carbocycles. The maximum Gasteiger partial charge on any atom is 0.270 e. The van der Waals surface area contributed by atoms with Crippen molar-refractivity contribution < 1.29 is 19.3 Å². The van der Waals surface area contributed by atoms with Crippen LogP contribution < -0.4 is 10.6 Å². The molecule has 0 saturated heterocycles. The van der Waals surface area contributed by atoms with Gasteiger partial charge in [0.1, 0.15) is 12.1 Å². The fourth-order valence-corrected chi connectivity index (χ4v) is 3.96. The first kappa shape index (κ1) is 24.5. The predicted molar refractivity (Wildman–Crippen MR) is 132 cm³/mol. The monoisotopic (exact) mass is 488 g/mol. The van der Waals surface area contributed by atoms with Crippen molar-refractivity contribution in [2.45, 2.75) is 33.1 Å². The first-order valence-electron chi connectivity index (χ1n) is 11.4. The second-order valence-electron chi connectivity index (χ2n) is 8.30. The summed E-state index contributed by atoms with van der Waals surface area (Å²) in [4.78, 5) is 57.5. The zero-order chi connectivity index (χ0) is 25.8. The summed E-state index contributed by atoms with van der Waals surface area (Å²) in [6.45, 7) is 3.88. The van der Waals surface area contributed by atoms with Crippen molar-refractivity contribution in [3.05, 3.63) is 81.3 Å². The number of nitrogens with one attached hydrogen (secondary N) is 2. The van der Waals surface area contributed by atoms with E-state index in [9.17, 15) is 24.5 Å². The number of fused-ring (bicyclic) bond motifs is 1. The molecule has 0 fully saturated rings. The van der Waals surface area contributed by atoms with E-state index < -0.39 is 16.7 Å². The van der Waals surface area contributed by atoms with Gasteiger partial charge in [-0.25, -0.2) is 9.97 Å². The van der Waals surface area contributed by atoms with Crippen LogP contribution in [0.3, 0.4) is 0 Å². The Labute approximate surface area is 206 Å². The van der Waals surface area contributed by atoms with Crippen molar-refractivity contribution in [1.82, 2.24) is 14.9 Å². The fraction of sp³-hybridized carbons (Fsp3) is 0.240. The van der Waals surface area contributed by atoms with E-state index in [-0.39, 0.29) is 42.1 Å². The van der Waals surface area contributed by atoms with Crippen LogP contribution in [-0.4, -0.2) is 44.1 Å². The molecule has 184 valence electrons. The van der Waals surface area contributed by atoms with Crippen molar-refractivity contribution >= 4 is 40.6 Å². The highest BCUT2D eigenvalue weighted by Crippen LogP contribution is 2.27. The number of aryl methyl sites for hydroxylation is 2. The van der Waals surface area contributed by atoms with E-state index in [0.717, 1.165) is 27.9 Å². The molecule has 0 aliphatic carbocycles. The van der Waals surface area contributed by atoms with Gasteiger partial charge < -0.3 is 10.6 Å². The fourth-order valence-electron chi connectivity index (χ4n) is 3.96. The van der Waals surface area contributed by atoms with Crippen molar-refractivity contribution in [2.24, 2.45) is 0 Å². The van der Waals surface area contributed by atoms with E-state index >= 15 is 0 Å². The highest BCUT2D eigenvalue weighted by Gasteiger charge is 2.36. The van der Waals surface area contributed by atoms with E-state index in [4.69, 9.17) is 0 Å². The van der Waals surface area contributed by atoms with Crippen molar-refractivity contribution in [1.29, 1.82) is 0 Å². The summed E-state index contributed by atoms with van der Waals surface area (Å²) in [7, 11) is 0. The summed E-state index contributed by atoms with van der Waals surface area (Å²) < 4.78 is 0. The number of amides is 3. The number of nitro benzene ring substituents is 1. The summed E-state index contributed by atoms with van der Waals surface area (Å²) in [5.41, 5.74) is 3.07. The van der Waals surface area contributed by atoms with Crippen LogP contribution in [0.4, 0.5) is 22.9 Å². The normalized spacial score (nSPS) is 12.4. The van der Waals surface area contributed by atoms with Gasteiger partial charge in [0, 0.05) is 48.2 Å². The molecule has 11 nitrogen and oxygen atoms in total. The Bertz CT molecular complexity index is 1370. The van der Waals surface area contributed by atoms with Gasteiger partial charge in [0.25, 0.3) is 17.5 Å². The van der Waals surface area contributed by atoms with Crippen molar-refractivity contribution in [3.63, 3.8) is 0 Å². The number of nitro groups is 1. The molecule has 0 atom stereocenters. The van der Waals surface area contributed by atoms with Crippen LogP contribution in [0.1, 0.15) is 51.7 Å². The van der Waals surface area contributed by atoms with Gasteiger partial charge in [0.2, 0.25) is 5.91 Å². The second-order valence-corrected chi connectivity index (χ2v) is 8.30. The number of carbonyl (C=O) groups is 3. The molecule has 0 radical (unpaired) electrons. The molecule has 0 saturated carbocycles. The van der Waals surface area contributed by atoms with Crippen LogP contribution in [0.25, 0.3) is 0 Å². The van der Waals surface area contributed by atoms with Crippen molar-refractivity contribution in [3.8, 4) is 0 Å². The van der Waals surface area contributed by atoms with E-state index in [1.54, 1.807) is 0 Å². The third-order valence-corrected chi connectivity index (χ3v) is 5.79. The van der Waals surface area contributed by atoms with Crippen LogP contribution in [-0.2, 0) is 11.2 Å². The summed E-state index contributed by atoms with van der Waals surface area (Å²) >= 11 is 0. The number of imide groups is 1. The lowest BCUT2D eigenvalue weighted by Crippen LogP contribution is -2.31. The third-order valence-electron chi connectivity index (χ3n) is 5.79. The van der Waals surface area contributed by atoms with Gasteiger partial charge in [-0.3, -0.25) is 29.4 Å². The van der Waals surface area contributed by atoms with E-state index in [1.165, 1.54) is 18.5 Å². The minimum absolute atomic E-state index is 0.00874. The van der Waals surface area contributed by atoms with E-state index in [0.29, 0.717) is 17.9 Å².